The van der Waals surface area contributed by atoms with Crippen LogP contribution in [0.2, 0.25) is 10.0 Å². The van der Waals surface area contributed by atoms with E-state index >= 15 is 0 Å². The maximum Gasteiger partial charge on any atom is 0.300 e. The average Bonchev–Trinajstić information content (AvgIpc) is 2.43. The largest absolute Gasteiger partial charge is 0.505 e. The molecule has 0 saturated heterocycles. The molecule has 0 unspecified atom stereocenters. The fraction of sp³-hybridized carbons (Fsp3) is 0. The number of aromatic hydroxyl groups is 1. The first-order valence-corrected chi connectivity index (χ1v) is 6.38. The Morgan fingerprint density at radius 3 is 2.30 bits per heavy atom. The van der Waals surface area contributed by atoms with Crippen molar-refractivity contribution in [3.63, 3.8) is 0 Å². The third-order valence-electron chi connectivity index (χ3n) is 2.37. The molecule has 0 aliphatic carbocycles. The van der Waals surface area contributed by atoms with E-state index in [0.717, 1.165) is 5.56 Å². The quantitative estimate of drug-likeness (QED) is 0.623. The van der Waals surface area contributed by atoms with Gasteiger partial charge >= 0.3 is 5.91 Å². The van der Waals surface area contributed by atoms with Crippen LogP contribution in [0.25, 0.3) is 0 Å². The predicted molar refractivity (Wildman–Crippen MR) is 80.1 cm³/mol. The fourth-order valence-electron chi connectivity index (χ4n) is 1.45. The number of anilines is 1. The van der Waals surface area contributed by atoms with E-state index < -0.39 is 5.91 Å². The van der Waals surface area contributed by atoms with Crippen molar-refractivity contribution in [2.24, 2.45) is 0 Å². The molecule has 0 spiro atoms. The van der Waals surface area contributed by atoms with Crippen molar-refractivity contribution in [3.05, 3.63) is 58.1 Å². The molecule has 2 aromatic carbocycles. The lowest BCUT2D eigenvalue weighted by Crippen LogP contribution is -2.08. The van der Waals surface area contributed by atoms with Crippen LogP contribution in [0.5, 0.6) is 5.75 Å². The van der Waals surface area contributed by atoms with Gasteiger partial charge in [-0.2, -0.15) is 0 Å². The van der Waals surface area contributed by atoms with Crippen LogP contribution in [0.15, 0.2) is 42.5 Å². The number of phenolic OH excluding ortho intramolecular Hbond substituents is 1. The summed E-state index contributed by atoms with van der Waals surface area (Å²) < 4.78 is 0. The summed E-state index contributed by atoms with van der Waals surface area (Å²) in [5.74, 6) is 4.47. The minimum absolute atomic E-state index is 0.0591. The lowest BCUT2D eigenvalue weighted by atomic mass is 10.2. The van der Waals surface area contributed by atoms with Gasteiger partial charge in [0.25, 0.3) is 0 Å². The van der Waals surface area contributed by atoms with Gasteiger partial charge in [-0.1, -0.05) is 47.3 Å². The molecule has 0 radical (unpaired) electrons. The van der Waals surface area contributed by atoms with Crippen molar-refractivity contribution in [2.45, 2.75) is 0 Å². The van der Waals surface area contributed by atoms with Crippen LogP contribution >= 0.6 is 23.2 Å². The number of carbonyl (C=O) groups excluding carboxylic acids is 1. The van der Waals surface area contributed by atoms with Gasteiger partial charge in [-0.05, 0) is 24.3 Å². The molecule has 100 valence electrons. The molecule has 2 rings (SSSR count). The smallest absolute Gasteiger partial charge is 0.300 e. The first-order chi connectivity index (χ1) is 9.56. The van der Waals surface area contributed by atoms with Crippen LogP contribution in [-0.2, 0) is 4.79 Å². The van der Waals surface area contributed by atoms with E-state index in [0.29, 0.717) is 5.69 Å². The number of phenols is 1. The summed E-state index contributed by atoms with van der Waals surface area (Å²) in [4.78, 5) is 11.7. The molecule has 3 nitrogen and oxygen atoms in total. The van der Waals surface area contributed by atoms with Crippen molar-refractivity contribution < 1.29 is 9.90 Å². The van der Waals surface area contributed by atoms with E-state index in [1.54, 1.807) is 12.1 Å². The summed E-state index contributed by atoms with van der Waals surface area (Å²) in [5, 5.41) is 12.1. The summed E-state index contributed by atoms with van der Waals surface area (Å²) in [6.45, 7) is 0. The summed E-state index contributed by atoms with van der Waals surface area (Å²) in [5.41, 5.74) is 1.11. The van der Waals surface area contributed by atoms with Gasteiger partial charge in [-0.3, -0.25) is 4.79 Å². The molecule has 2 N–H and O–H groups in total. The van der Waals surface area contributed by atoms with Crippen molar-refractivity contribution in [1.82, 2.24) is 0 Å². The van der Waals surface area contributed by atoms with E-state index in [1.165, 1.54) is 12.1 Å². The minimum Gasteiger partial charge on any atom is -0.505 e. The Hall–Kier alpha value is -2.15. The summed E-state index contributed by atoms with van der Waals surface area (Å²) in [6.07, 6.45) is 0. The molecular weight excluding hydrogens is 297 g/mol. The highest BCUT2D eigenvalue weighted by Gasteiger charge is 2.07. The first kappa shape index (κ1) is 14.3. The normalized spacial score (nSPS) is 9.50. The maximum absolute atomic E-state index is 11.7. The van der Waals surface area contributed by atoms with Gasteiger partial charge in [-0.25, -0.2) is 0 Å². The number of amides is 1. The van der Waals surface area contributed by atoms with Crippen LogP contribution in [0.4, 0.5) is 5.69 Å². The van der Waals surface area contributed by atoms with Gasteiger partial charge in [0.05, 0.1) is 10.0 Å². The first-order valence-electron chi connectivity index (χ1n) is 5.62. The number of hydrogen-bond acceptors (Lipinski definition) is 2. The third kappa shape index (κ3) is 3.67. The van der Waals surface area contributed by atoms with Crippen molar-refractivity contribution >= 4 is 34.8 Å². The Morgan fingerprint density at radius 2 is 1.70 bits per heavy atom. The molecule has 0 atom stereocenters. The lowest BCUT2D eigenvalue weighted by molar-refractivity contribution is -0.111. The summed E-state index contributed by atoms with van der Waals surface area (Å²) in [7, 11) is 0. The van der Waals surface area contributed by atoms with Crippen LogP contribution in [0, 0.1) is 11.8 Å². The molecule has 0 aliphatic rings. The Labute approximate surface area is 126 Å². The zero-order valence-electron chi connectivity index (χ0n) is 10.2. The van der Waals surface area contributed by atoms with Gasteiger partial charge in [0.2, 0.25) is 0 Å². The minimum atomic E-state index is -0.494. The molecule has 5 heteroatoms. The second kappa shape index (κ2) is 6.33. The van der Waals surface area contributed by atoms with Crippen LogP contribution < -0.4 is 5.32 Å². The monoisotopic (exact) mass is 305 g/mol. The molecule has 0 bridgehead atoms. The van der Waals surface area contributed by atoms with Gasteiger partial charge in [0.15, 0.2) is 5.75 Å². The fourth-order valence-corrected chi connectivity index (χ4v) is 1.94. The second-order valence-electron chi connectivity index (χ2n) is 3.86. The van der Waals surface area contributed by atoms with E-state index in [4.69, 9.17) is 23.2 Å². The van der Waals surface area contributed by atoms with Crippen LogP contribution in [0.3, 0.4) is 0 Å². The highest BCUT2D eigenvalue weighted by atomic mass is 35.5. The predicted octanol–water partition coefficient (Wildman–Crippen LogP) is 3.69. The SMILES string of the molecule is O=C(C#Cc1ccccc1)Nc1cc(Cl)c(O)c(Cl)c1. The Balaban J connectivity index is 2.11. The highest BCUT2D eigenvalue weighted by Crippen LogP contribution is 2.34. The molecule has 0 aromatic heterocycles. The van der Waals surface area contributed by atoms with E-state index in [1.807, 2.05) is 18.2 Å². The standard InChI is InChI=1S/C15H9Cl2NO2/c16-12-8-11(9-13(17)15(12)20)18-14(19)7-6-10-4-2-1-3-5-10/h1-5,8-9,20H,(H,18,19). The number of benzene rings is 2. The van der Waals surface area contributed by atoms with E-state index in [9.17, 15) is 9.90 Å². The average molecular weight is 306 g/mol. The van der Waals surface area contributed by atoms with Crippen molar-refractivity contribution in [2.75, 3.05) is 5.32 Å². The van der Waals surface area contributed by atoms with E-state index in [2.05, 4.69) is 17.2 Å². The Morgan fingerprint density at radius 1 is 1.10 bits per heavy atom. The molecule has 2 aromatic rings. The zero-order valence-corrected chi connectivity index (χ0v) is 11.7. The second-order valence-corrected chi connectivity index (χ2v) is 4.67. The number of carbonyl (C=O) groups is 1. The van der Waals surface area contributed by atoms with Gasteiger partial charge < -0.3 is 10.4 Å². The number of hydrogen-bond donors (Lipinski definition) is 2. The molecule has 0 heterocycles. The molecule has 20 heavy (non-hydrogen) atoms. The highest BCUT2D eigenvalue weighted by molar-refractivity contribution is 6.37. The summed E-state index contributed by atoms with van der Waals surface area (Å²) >= 11 is 11.5. The Bertz CT molecular complexity index is 680. The molecule has 0 aliphatic heterocycles. The number of nitrogens with one attached hydrogen (secondary N) is 1. The van der Waals surface area contributed by atoms with Gasteiger partial charge in [-0.15, -0.1) is 0 Å². The Kier molecular flexibility index (Phi) is 4.52. The topological polar surface area (TPSA) is 49.3 Å². The maximum atomic E-state index is 11.7. The lowest BCUT2D eigenvalue weighted by Gasteiger charge is -2.05. The molecular formula is C15H9Cl2NO2. The van der Waals surface area contributed by atoms with Crippen LogP contribution in [0.1, 0.15) is 5.56 Å². The van der Waals surface area contributed by atoms with Crippen LogP contribution in [-0.4, -0.2) is 11.0 Å². The van der Waals surface area contributed by atoms with E-state index in [-0.39, 0.29) is 15.8 Å². The van der Waals surface area contributed by atoms with Gasteiger partial charge in [0, 0.05) is 17.2 Å². The zero-order chi connectivity index (χ0) is 14.5. The third-order valence-corrected chi connectivity index (χ3v) is 2.95. The number of rotatable bonds is 1. The van der Waals surface area contributed by atoms with Crippen molar-refractivity contribution in [1.29, 1.82) is 0 Å². The molecule has 1 amide bonds. The van der Waals surface area contributed by atoms with Gasteiger partial charge in [0.1, 0.15) is 0 Å². The molecule has 0 saturated carbocycles. The van der Waals surface area contributed by atoms with Crippen molar-refractivity contribution in [3.8, 4) is 17.6 Å². The number of halogens is 2. The summed E-state index contributed by atoms with van der Waals surface area (Å²) in [6, 6.07) is 11.9. The molecule has 0 fully saturated rings.